The van der Waals surface area contributed by atoms with Crippen LogP contribution in [0.25, 0.3) is 5.69 Å². The van der Waals surface area contributed by atoms with Gasteiger partial charge in [0, 0.05) is 20.8 Å². The Morgan fingerprint density at radius 3 is 2.50 bits per heavy atom. The van der Waals surface area contributed by atoms with Crippen LogP contribution in [0, 0.1) is 6.92 Å². The predicted octanol–water partition coefficient (Wildman–Crippen LogP) is 3.65. The number of rotatable bonds is 4. The van der Waals surface area contributed by atoms with Crippen molar-refractivity contribution in [1.29, 1.82) is 0 Å². The van der Waals surface area contributed by atoms with Crippen LogP contribution < -0.4 is 11.0 Å². The van der Waals surface area contributed by atoms with Gasteiger partial charge in [0.25, 0.3) is 11.5 Å². The Hall–Kier alpha value is -2.64. The first-order valence-electron chi connectivity index (χ1n) is 7.62. The topological polar surface area (TPSA) is 79.2 Å². The zero-order chi connectivity index (χ0) is 18.7. The third-order valence-corrected chi connectivity index (χ3v) is 4.45. The number of hydrazone groups is 1. The van der Waals surface area contributed by atoms with E-state index in [9.17, 15) is 9.59 Å². The number of aromatic amines is 1. The normalized spacial score (nSPS) is 11.0. The molecule has 8 heteroatoms. The quantitative estimate of drug-likeness (QED) is 0.486. The number of halogens is 2. The average molecular weight is 434 g/mol. The van der Waals surface area contributed by atoms with Crippen molar-refractivity contribution in [2.24, 2.45) is 5.10 Å². The minimum Gasteiger partial charge on any atom is -0.295 e. The fourth-order valence-electron chi connectivity index (χ4n) is 2.30. The third kappa shape index (κ3) is 3.95. The van der Waals surface area contributed by atoms with Gasteiger partial charge >= 0.3 is 0 Å². The molecular formula is C18H14BrClN4O2. The molecule has 3 aromatic rings. The highest BCUT2D eigenvalue weighted by Crippen LogP contribution is 2.12. The summed E-state index contributed by atoms with van der Waals surface area (Å²) < 4.78 is 2.27. The summed E-state index contributed by atoms with van der Waals surface area (Å²) in [7, 11) is 0. The van der Waals surface area contributed by atoms with Gasteiger partial charge in [-0.15, -0.1) is 0 Å². The lowest BCUT2D eigenvalue weighted by atomic mass is 10.2. The Kier molecular flexibility index (Phi) is 5.39. The first-order valence-corrected chi connectivity index (χ1v) is 8.79. The van der Waals surface area contributed by atoms with Crippen LogP contribution in [0.3, 0.4) is 0 Å². The Balaban J connectivity index is 1.78. The monoisotopic (exact) mass is 432 g/mol. The predicted molar refractivity (Wildman–Crippen MR) is 105 cm³/mol. The number of aromatic nitrogens is 2. The summed E-state index contributed by atoms with van der Waals surface area (Å²) >= 11 is 9.18. The number of nitrogens with one attached hydrogen (secondary N) is 2. The number of hydrogen-bond donors (Lipinski definition) is 2. The van der Waals surface area contributed by atoms with Crippen molar-refractivity contribution in [3.8, 4) is 5.69 Å². The van der Waals surface area contributed by atoms with Gasteiger partial charge in [-0.05, 0) is 55.5 Å². The number of carbonyl (C=O) groups is 1. The maximum Gasteiger partial charge on any atom is 0.280 e. The molecule has 0 saturated carbocycles. The van der Waals surface area contributed by atoms with Gasteiger partial charge in [0.15, 0.2) is 0 Å². The first-order chi connectivity index (χ1) is 12.5. The number of hydrogen-bond acceptors (Lipinski definition) is 3. The van der Waals surface area contributed by atoms with Gasteiger partial charge in [0.2, 0.25) is 0 Å². The van der Waals surface area contributed by atoms with Gasteiger partial charge < -0.3 is 0 Å². The third-order valence-electron chi connectivity index (χ3n) is 3.67. The van der Waals surface area contributed by atoms with Crippen molar-refractivity contribution in [2.45, 2.75) is 6.92 Å². The second-order valence-corrected chi connectivity index (χ2v) is 6.83. The van der Waals surface area contributed by atoms with Crippen LogP contribution in [0.1, 0.15) is 21.6 Å². The highest BCUT2D eigenvalue weighted by Gasteiger charge is 2.11. The summed E-state index contributed by atoms with van der Waals surface area (Å²) in [6.45, 7) is 1.76. The molecule has 0 bridgehead atoms. The molecule has 1 aromatic heterocycles. The highest BCUT2D eigenvalue weighted by molar-refractivity contribution is 9.10. The number of aryl methyl sites for hydroxylation is 1. The Bertz CT molecular complexity index is 1020. The van der Waals surface area contributed by atoms with E-state index in [-0.39, 0.29) is 11.5 Å². The molecule has 132 valence electrons. The minimum atomic E-state index is -0.361. The van der Waals surface area contributed by atoms with E-state index in [0.29, 0.717) is 27.5 Å². The molecule has 0 fully saturated rings. The summed E-state index contributed by atoms with van der Waals surface area (Å²) in [4.78, 5) is 24.6. The Morgan fingerprint density at radius 2 is 1.85 bits per heavy atom. The van der Waals surface area contributed by atoms with Crippen molar-refractivity contribution in [3.63, 3.8) is 0 Å². The fourth-order valence-corrected chi connectivity index (χ4v) is 2.70. The van der Waals surface area contributed by atoms with E-state index < -0.39 is 0 Å². The van der Waals surface area contributed by atoms with Crippen molar-refractivity contribution < 1.29 is 4.79 Å². The van der Waals surface area contributed by atoms with E-state index in [1.165, 1.54) is 10.9 Å². The largest absolute Gasteiger partial charge is 0.295 e. The molecule has 0 atom stereocenters. The van der Waals surface area contributed by atoms with Crippen LogP contribution in [-0.2, 0) is 0 Å². The van der Waals surface area contributed by atoms with Crippen LogP contribution in [0.4, 0.5) is 0 Å². The maximum absolute atomic E-state index is 12.5. The van der Waals surface area contributed by atoms with Crippen LogP contribution in [0.2, 0.25) is 5.02 Å². The smallest absolute Gasteiger partial charge is 0.280 e. The molecular weight excluding hydrogens is 420 g/mol. The zero-order valence-corrected chi connectivity index (χ0v) is 16.0. The van der Waals surface area contributed by atoms with Gasteiger partial charge in [-0.25, -0.2) is 10.1 Å². The Morgan fingerprint density at radius 1 is 1.19 bits per heavy atom. The molecule has 0 aliphatic heterocycles. The van der Waals surface area contributed by atoms with E-state index in [1.54, 1.807) is 55.5 Å². The number of carbonyl (C=O) groups excluding carboxylic acids is 1. The first kappa shape index (κ1) is 18.2. The molecule has 0 saturated heterocycles. The van der Waals surface area contributed by atoms with Crippen molar-refractivity contribution in [2.75, 3.05) is 0 Å². The SMILES string of the molecule is Cc1[nH]n(-c2ccc(Cl)cc2)c(=O)c1C=NNC(=O)c1ccc(Br)cc1. The molecule has 6 nitrogen and oxygen atoms in total. The molecule has 3 rings (SSSR count). The van der Waals surface area contributed by atoms with Crippen LogP contribution >= 0.6 is 27.5 Å². The second kappa shape index (κ2) is 7.72. The van der Waals surface area contributed by atoms with Gasteiger partial charge in [0.05, 0.1) is 17.5 Å². The van der Waals surface area contributed by atoms with Gasteiger partial charge in [0.1, 0.15) is 0 Å². The summed E-state index contributed by atoms with van der Waals surface area (Å²) in [6, 6.07) is 13.7. The number of benzene rings is 2. The highest BCUT2D eigenvalue weighted by atomic mass is 79.9. The lowest BCUT2D eigenvalue weighted by molar-refractivity contribution is 0.0955. The summed E-state index contributed by atoms with van der Waals surface area (Å²) in [5, 5.41) is 7.45. The van der Waals surface area contributed by atoms with Crippen LogP contribution in [0.15, 0.2) is 62.9 Å². The van der Waals surface area contributed by atoms with E-state index >= 15 is 0 Å². The standard InChI is InChI=1S/C18H14BrClN4O2/c1-11-16(10-21-22-17(25)12-2-4-13(19)5-3-12)18(26)24(23-11)15-8-6-14(20)7-9-15/h2-10,23H,1H3,(H,22,25). The van der Waals surface area contributed by atoms with E-state index in [0.717, 1.165) is 4.47 Å². The van der Waals surface area contributed by atoms with E-state index in [1.807, 2.05) is 0 Å². The van der Waals surface area contributed by atoms with E-state index in [4.69, 9.17) is 11.6 Å². The number of amides is 1. The minimum absolute atomic E-state index is 0.272. The van der Waals surface area contributed by atoms with Crippen molar-refractivity contribution >= 4 is 39.7 Å². The molecule has 2 aromatic carbocycles. The molecule has 0 aliphatic carbocycles. The molecule has 0 spiro atoms. The van der Waals surface area contributed by atoms with Crippen molar-refractivity contribution in [3.05, 3.63) is 85.2 Å². The summed E-state index contributed by atoms with van der Waals surface area (Å²) in [5.41, 5.74) is 4.25. The van der Waals surface area contributed by atoms with Crippen molar-refractivity contribution in [1.82, 2.24) is 15.2 Å². The molecule has 0 radical (unpaired) electrons. The van der Waals surface area contributed by atoms with Crippen LogP contribution in [0.5, 0.6) is 0 Å². The zero-order valence-electron chi connectivity index (χ0n) is 13.7. The molecule has 2 N–H and O–H groups in total. The lowest BCUT2D eigenvalue weighted by Crippen LogP contribution is -2.20. The molecule has 1 amide bonds. The molecule has 1 heterocycles. The maximum atomic E-state index is 12.5. The molecule has 26 heavy (non-hydrogen) atoms. The number of nitrogens with zero attached hydrogens (tertiary/aromatic N) is 2. The fraction of sp³-hybridized carbons (Fsp3) is 0.0556. The number of H-pyrrole nitrogens is 1. The van der Waals surface area contributed by atoms with E-state index in [2.05, 4.69) is 31.6 Å². The summed E-state index contributed by atoms with van der Waals surface area (Å²) in [5.74, 6) is -0.361. The van der Waals surface area contributed by atoms with Crippen LogP contribution in [-0.4, -0.2) is 21.9 Å². The Labute approximate surface area is 162 Å². The molecule has 0 unspecified atom stereocenters. The average Bonchev–Trinajstić information content (AvgIpc) is 2.91. The van der Waals surface area contributed by atoms with Gasteiger partial charge in [-0.2, -0.15) is 5.10 Å². The summed E-state index contributed by atoms with van der Waals surface area (Å²) in [6.07, 6.45) is 1.33. The second-order valence-electron chi connectivity index (χ2n) is 5.47. The molecule has 0 aliphatic rings. The lowest BCUT2D eigenvalue weighted by Gasteiger charge is -2.00. The van der Waals surface area contributed by atoms with Gasteiger partial charge in [-0.1, -0.05) is 27.5 Å². The van der Waals surface area contributed by atoms with Gasteiger partial charge in [-0.3, -0.25) is 14.7 Å².